The highest BCUT2D eigenvalue weighted by atomic mass is 32.2. The van der Waals surface area contributed by atoms with Crippen LogP contribution in [-0.4, -0.2) is 35.5 Å². The molecule has 136 valence electrons. The molecule has 1 aromatic carbocycles. The van der Waals surface area contributed by atoms with Crippen LogP contribution < -0.4 is 18.9 Å². The molecule has 3 aromatic rings. The second-order valence-electron chi connectivity index (χ2n) is 5.34. The number of nitrogens with zero attached hydrogens (tertiary/aromatic N) is 2. The maximum Gasteiger partial charge on any atom is 0.586 e. The molecule has 0 radical (unpaired) electrons. The van der Waals surface area contributed by atoms with Gasteiger partial charge in [-0.15, -0.1) is 8.78 Å². The largest absolute Gasteiger partial charge is 0.586 e. The van der Waals surface area contributed by atoms with Crippen molar-refractivity contribution in [2.75, 3.05) is 14.2 Å². The summed E-state index contributed by atoms with van der Waals surface area (Å²) in [4.78, 5) is 11.7. The van der Waals surface area contributed by atoms with Crippen LogP contribution in [0.1, 0.15) is 5.69 Å². The molecule has 0 amide bonds. The van der Waals surface area contributed by atoms with Crippen molar-refractivity contribution in [1.82, 2.24) is 15.0 Å². The van der Waals surface area contributed by atoms with Crippen molar-refractivity contribution >= 4 is 22.8 Å². The van der Waals surface area contributed by atoms with Gasteiger partial charge in [-0.25, -0.2) is 4.98 Å². The number of pyridine rings is 1. The summed E-state index contributed by atoms with van der Waals surface area (Å²) >= 11 is 1.41. The summed E-state index contributed by atoms with van der Waals surface area (Å²) < 4.78 is 45.5. The van der Waals surface area contributed by atoms with Crippen molar-refractivity contribution in [2.24, 2.45) is 0 Å². The number of benzene rings is 1. The Labute approximate surface area is 150 Å². The second kappa shape index (κ2) is 6.20. The fourth-order valence-electron chi connectivity index (χ4n) is 2.50. The van der Waals surface area contributed by atoms with Gasteiger partial charge < -0.3 is 23.9 Å². The molecule has 0 atom stereocenters. The zero-order chi connectivity index (χ0) is 18.3. The van der Waals surface area contributed by atoms with E-state index in [0.29, 0.717) is 33.4 Å². The first-order chi connectivity index (χ1) is 12.5. The van der Waals surface area contributed by atoms with Crippen LogP contribution in [0.3, 0.4) is 0 Å². The van der Waals surface area contributed by atoms with Gasteiger partial charge >= 0.3 is 6.29 Å². The molecule has 0 saturated heterocycles. The molecule has 10 heteroatoms. The van der Waals surface area contributed by atoms with Crippen molar-refractivity contribution in [1.29, 1.82) is 0 Å². The molecule has 1 aliphatic heterocycles. The summed E-state index contributed by atoms with van der Waals surface area (Å²) in [5.74, 6) is 1.62. The van der Waals surface area contributed by atoms with Gasteiger partial charge in [-0.05, 0) is 0 Å². The highest BCUT2D eigenvalue weighted by molar-refractivity contribution is 7.98. The second-order valence-corrected chi connectivity index (χ2v) is 6.31. The van der Waals surface area contributed by atoms with Crippen LogP contribution >= 0.6 is 11.8 Å². The summed E-state index contributed by atoms with van der Waals surface area (Å²) in [5, 5.41) is 0.618. The van der Waals surface area contributed by atoms with E-state index >= 15 is 0 Å². The van der Waals surface area contributed by atoms with Crippen LogP contribution in [0.15, 0.2) is 29.6 Å². The summed E-state index contributed by atoms with van der Waals surface area (Å²) in [6.07, 6.45) is -2.05. The SMILES string of the molecule is COc1cnc(CSc2nc3cc4c(cc3[nH]2)OC(F)(F)O4)cc1OC. The van der Waals surface area contributed by atoms with Crippen LogP contribution in [0.25, 0.3) is 11.0 Å². The first kappa shape index (κ1) is 16.7. The van der Waals surface area contributed by atoms with E-state index in [1.165, 1.54) is 23.9 Å². The molecule has 0 unspecified atom stereocenters. The molecule has 7 nitrogen and oxygen atoms in total. The van der Waals surface area contributed by atoms with Gasteiger partial charge in [-0.2, -0.15) is 0 Å². The number of imidazole rings is 1. The van der Waals surface area contributed by atoms with Crippen molar-refractivity contribution < 1.29 is 27.7 Å². The highest BCUT2D eigenvalue weighted by Crippen LogP contribution is 2.43. The Hall–Kier alpha value is -2.75. The van der Waals surface area contributed by atoms with Gasteiger partial charge in [0.2, 0.25) is 0 Å². The van der Waals surface area contributed by atoms with E-state index in [9.17, 15) is 8.78 Å². The van der Waals surface area contributed by atoms with Crippen LogP contribution in [0.2, 0.25) is 0 Å². The first-order valence-corrected chi connectivity index (χ1v) is 8.45. The van der Waals surface area contributed by atoms with Crippen LogP contribution in [0.4, 0.5) is 8.78 Å². The Morgan fingerprint density at radius 2 is 1.85 bits per heavy atom. The Morgan fingerprint density at radius 1 is 1.12 bits per heavy atom. The van der Waals surface area contributed by atoms with Gasteiger partial charge in [-0.1, -0.05) is 11.8 Å². The normalized spacial score (nSPS) is 14.6. The number of ether oxygens (including phenoxy) is 4. The Balaban J connectivity index is 1.52. The van der Waals surface area contributed by atoms with E-state index in [-0.39, 0.29) is 11.5 Å². The molecule has 2 aromatic heterocycles. The zero-order valence-corrected chi connectivity index (χ0v) is 14.5. The topological polar surface area (TPSA) is 78.5 Å². The smallest absolute Gasteiger partial charge is 0.493 e. The number of hydrogen-bond acceptors (Lipinski definition) is 7. The molecule has 0 spiro atoms. The Bertz CT molecular complexity index is 935. The van der Waals surface area contributed by atoms with E-state index in [1.807, 2.05) is 0 Å². The quantitative estimate of drug-likeness (QED) is 0.677. The van der Waals surface area contributed by atoms with E-state index in [1.54, 1.807) is 26.5 Å². The lowest BCUT2D eigenvalue weighted by atomic mass is 10.3. The number of fused-ring (bicyclic) bond motifs is 2. The molecule has 0 fully saturated rings. The molecule has 0 saturated carbocycles. The standard InChI is InChI=1S/C16H13F2N3O4S/c1-22-11-3-8(19-6-14(11)23-2)7-26-15-20-9-4-12-13(5-10(9)21-15)25-16(17,18)24-12/h3-6H,7H2,1-2H3,(H,20,21). The van der Waals surface area contributed by atoms with Crippen LogP contribution in [0.5, 0.6) is 23.0 Å². The van der Waals surface area contributed by atoms with Gasteiger partial charge in [0.1, 0.15) is 0 Å². The number of hydrogen-bond donors (Lipinski definition) is 1. The number of halogens is 2. The molecular formula is C16H13F2N3O4S. The van der Waals surface area contributed by atoms with Gasteiger partial charge in [0.05, 0.1) is 37.1 Å². The average Bonchev–Trinajstić information content (AvgIpc) is 3.14. The third kappa shape index (κ3) is 3.07. The fourth-order valence-corrected chi connectivity index (χ4v) is 3.29. The van der Waals surface area contributed by atoms with Crippen molar-refractivity contribution in [3.05, 3.63) is 30.1 Å². The summed E-state index contributed by atoms with van der Waals surface area (Å²) in [7, 11) is 3.10. The number of H-pyrrole nitrogens is 1. The lowest BCUT2D eigenvalue weighted by Crippen LogP contribution is -2.25. The minimum absolute atomic E-state index is 0.0238. The lowest BCUT2D eigenvalue weighted by molar-refractivity contribution is -0.286. The number of methoxy groups -OCH3 is 2. The predicted molar refractivity (Wildman–Crippen MR) is 89.2 cm³/mol. The first-order valence-electron chi connectivity index (χ1n) is 7.47. The summed E-state index contributed by atoms with van der Waals surface area (Å²) in [6.45, 7) is 0. The third-order valence-electron chi connectivity index (χ3n) is 3.67. The van der Waals surface area contributed by atoms with E-state index < -0.39 is 6.29 Å². The van der Waals surface area contributed by atoms with Gasteiger partial charge in [0, 0.05) is 24.0 Å². The monoisotopic (exact) mass is 381 g/mol. The molecule has 26 heavy (non-hydrogen) atoms. The maximum atomic E-state index is 13.1. The Kier molecular flexibility index (Phi) is 3.98. The van der Waals surface area contributed by atoms with Crippen molar-refractivity contribution in [3.8, 4) is 23.0 Å². The number of rotatable bonds is 5. The zero-order valence-electron chi connectivity index (χ0n) is 13.7. The molecule has 4 rings (SSSR count). The van der Waals surface area contributed by atoms with Crippen molar-refractivity contribution in [2.45, 2.75) is 17.2 Å². The molecule has 3 heterocycles. The van der Waals surface area contributed by atoms with E-state index in [2.05, 4.69) is 24.4 Å². The number of thioether (sulfide) groups is 1. The number of nitrogens with one attached hydrogen (secondary N) is 1. The molecule has 1 N–H and O–H groups in total. The van der Waals surface area contributed by atoms with Crippen molar-refractivity contribution in [3.63, 3.8) is 0 Å². The van der Waals surface area contributed by atoms with E-state index in [4.69, 9.17) is 9.47 Å². The highest BCUT2D eigenvalue weighted by Gasteiger charge is 2.43. The minimum atomic E-state index is -3.64. The van der Waals surface area contributed by atoms with E-state index in [0.717, 1.165) is 5.69 Å². The average molecular weight is 381 g/mol. The molecular weight excluding hydrogens is 368 g/mol. The molecule has 0 bridgehead atoms. The number of aromatic amines is 1. The van der Waals surface area contributed by atoms with Gasteiger partial charge in [0.15, 0.2) is 28.2 Å². The third-order valence-corrected chi connectivity index (χ3v) is 4.57. The summed E-state index contributed by atoms with van der Waals surface area (Å²) in [5.41, 5.74) is 1.86. The number of aromatic nitrogens is 3. The summed E-state index contributed by atoms with van der Waals surface area (Å²) in [6, 6.07) is 4.64. The van der Waals surface area contributed by atoms with Crippen LogP contribution in [0, 0.1) is 0 Å². The molecule has 1 aliphatic rings. The van der Waals surface area contributed by atoms with Gasteiger partial charge in [-0.3, -0.25) is 4.98 Å². The Morgan fingerprint density at radius 3 is 2.58 bits per heavy atom. The lowest BCUT2D eigenvalue weighted by Gasteiger charge is -2.08. The van der Waals surface area contributed by atoms with Gasteiger partial charge in [0.25, 0.3) is 0 Å². The fraction of sp³-hybridized carbons (Fsp3) is 0.250. The number of alkyl halides is 2. The minimum Gasteiger partial charge on any atom is -0.493 e. The predicted octanol–water partition coefficient (Wildman–Crippen LogP) is 3.59. The maximum absolute atomic E-state index is 13.1. The van der Waals surface area contributed by atoms with Crippen LogP contribution in [-0.2, 0) is 5.75 Å². The molecule has 0 aliphatic carbocycles.